The monoisotopic (exact) mass is 360 g/mol. The predicted molar refractivity (Wildman–Crippen MR) is 91.6 cm³/mol. The SMILES string of the molecule is O=C(Cl)C1CCNC(C2CC(C(=O)Cl)C(C3CCCC3)CN2)C1. The molecule has 4 nitrogen and oxygen atoms in total. The Morgan fingerprint density at radius 2 is 1.57 bits per heavy atom. The largest absolute Gasteiger partial charge is 0.312 e. The van der Waals surface area contributed by atoms with Gasteiger partial charge in [-0.1, -0.05) is 25.7 Å². The summed E-state index contributed by atoms with van der Waals surface area (Å²) in [5, 5.41) is 6.70. The van der Waals surface area contributed by atoms with Crippen molar-refractivity contribution in [1.29, 1.82) is 0 Å². The van der Waals surface area contributed by atoms with Gasteiger partial charge in [-0.3, -0.25) is 9.59 Å². The van der Waals surface area contributed by atoms with Gasteiger partial charge in [0.15, 0.2) is 0 Å². The van der Waals surface area contributed by atoms with Gasteiger partial charge in [-0.2, -0.15) is 0 Å². The van der Waals surface area contributed by atoms with Crippen LogP contribution in [0.25, 0.3) is 0 Å². The number of rotatable bonds is 4. The van der Waals surface area contributed by atoms with Crippen molar-refractivity contribution in [2.24, 2.45) is 23.7 Å². The fraction of sp³-hybridized carbons (Fsp3) is 0.882. The molecule has 1 saturated carbocycles. The highest BCUT2D eigenvalue weighted by Crippen LogP contribution is 2.40. The van der Waals surface area contributed by atoms with E-state index in [2.05, 4.69) is 10.6 Å². The van der Waals surface area contributed by atoms with Gasteiger partial charge in [-0.25, -0.2) is 0 Å². The van der Waals surface area contributed by atoms with Gasteiger partial charge in [0.25, 0.3) is 0 Å². The molecule has 3 fully saturated rings. The van der Waals surface area contributed by atoms with Gasteiger partial charge in [-0.05, 0) is 67.4 Å². The first kappa shape index (κ1) is 17.7. The van der Waals surface area contributed by atoms with Crippen molar-refractivity contribution in [3.63, 3.8) is 0 Å². The van der Waals surface area contributed by atoms with E-state index in [1.54, 1.807) is 0 Å². The first-order valence-corrected chi connectivity index (χ1v) is 9.67. The number of carbonyl (C=O) groups is 2. The maximum atomic E-state index is 12.0. The van der Waals surface area contributed by atoms with Crippen molar-refractivity contribution in [2.45, 2.75) is 57.0 Å². The third kappa shape index (κ3) is 4.09. The normalized spacial score (nSPS) is 39.3. The van der Waals surface area contributed by atoms with E-state index in [4.69, 9.17) is 23.2 Å². The molecule has 0 aromatic rings. The van der Waals surface area contributed by atoms with E-state index in [0.29, 0.717) is 11.8 Å². The summed E-state index contributed by atoms with van der Waals surface area (Å²) in [4.78, 5) is 23.5. The van der Waals surface area contributed by atoms with E-state index in [9.17, 15) is 9.59 Å². The first-order valence-electron chi connectivity index (χ1n) is 8.91. The van der Waals surface area contributed by atoms with E-state index in [-0.39, 0.29) is 34.4 Å². The molecule has 5 atom stereocenters. The molecule has 6 heteroatoms. The van der Waals surface area contributed by atoms with Crippen molar-refractivity contribution < 1.29 is 9.59 Å². The summed E-state index contributed by atoms with van der Waals surface area (Å²) in [6.45, 7) is 1.66. The zero-order valence-electron chi connectivity index (χ0n) is 13.4. The molecule has 0 bridgehead atoms. The molecule has 2 aliphatic heterocycles. The Hall–Kier alpha value is -0.160. The van der Waals surface area contributed by atoms with E-state index in [1.807, 2.05) is 0 Å². The van der Waals surface area contributed by atoms with Crippen LogP contribution in [0, 0.1) is 23.7 Å². The molecule has 0 spiro atoms. The highest BCUT2D eigenvalue weighted by Gasteiger charge is 2.42. The second-order valence-electron chi connectivity index (χ2n) is 7.46. The van der Waals surface area contributed by atoms with Gasteiger partial charge < -0.3 is 10.6 Å². The van der Waals surface area contributed by atoms with Crippen LogP contribution in [-0.4, -0.2) is 35.7 Å². The average Bonchev–Trinajstić information content (AvgIpc) is 3.08. The maximum Gasteiger partial charge on any atom is 0.225 e. The summed E-state index contributed by atoms with van der Waals surface area (Å²) in [6, 6.07) is 0.388. The molecular weight excluding hydrogens is 335 g/mol. The molecule has 0 radical (unpaired) electrons. The van der Waals surface area contributed by atoms with Crippen LogP contribution in [0.15, 0.2) is 0 Å². The molecule has 0 aromatic carbocycles. The van der Waals surface area contributed by atoms with Crippen LogP contribution in [0.3, 0.4) is 0 Å². The summed E-state index contributed by atoms with van der Waals surface area (Å²) in [7, 11) is 0. The van der Waals surface area contributed by atoms with Crippen molar-refractivity contribution in [3.05, 3.63) is 0 Å². The van der Waals surface area contributed by atoms with Gasteiger partial charge in [0.05, 0.1) is 0 Å². The van der Waals surface area contributed by atoms with E-state index >= 15 is 0 Å². The van der Waals surface area contributed by atoms with Crippen LogP contribution in [0.4, 0.5) is 0 Å². The molecule has 0 aromatic heterocycles. The van der Waals surface area contributed by atoms with Crippen LogP contribution in [-0.2, 0) is 9.59 Å². The second kappa shape index (κ2) is 7.81. The molecule has 2 N–H and O–H groups in total. The van der Waals surface area contributed by atoms with Gasteiger partial charge in [0, 0.05) is 23.9 Å². The van der Waals surface area contributed by atoms with Crippen molar-refractivity contribution in [1.82, 2.24) is 10.6 Å². The Morgan fingerprint density at radius 3 is 2.22 bits per heavy atom. The van der Waals surface area contributed by atoms with Gasteiger partial charge in [0.2, 0.25) is 10.5 Å². The molecule has 2 heterocycles. The molecular formula is C17H26Cl2N2O2. The minimum absolute atomic E-state index is 0.0557. The first-order chi connectivity index (χ1) is 11.1. The molecule has 5 unspecified atom stereocenters. The standard InChI is InChI=1S/C17H26Cl2N2O2/c18-16(22)11-5-6-20-14(7-11)15-8-12(17(19)23)13(9-21-15)10-3-1-2-4-10/h10-15,20-21H,1-9H2. The lowest BCUT2D eigenvalue weighted by Crippen LogP contribution is -2.58. The predicted octanol–water partition coefficient (Wildman–Crippen LogP) is 2.67. The van der Waals surface area contributed by atoms with Gasteiger partial charge in [0.1, 0.15) is 0 Å². The van der Waals surface area contributed by atoms with E-state index in [0.717, 1.165) is 32.4 Å². The zero-order chi connectivity index (χ0) is 16.4. The number of carbonyl (C=O) groups excluding carboxylic acids is 2. The smallest absolute Gasteiger partial charge is 0.225 e. The van der Waals surface area contributed by atoms with Crippen LogP contribution < -0.4 is 10.6 Å². The lowest BCUT2D eigenvalue weighted by atomic mass is 9.73. The van der Waals surface area contributed by atoms with Crippen LogP contribution in [0.2, 0.25) is 0 Å². The fourth-order valence-electron chi connectivity index (χ4n) is 4.87. The summed E-state index contributed by atoms with van der Waals surface area (Å²) < 4.78 is 0. The Morgan fingerprint density at radius 1 is 0.870 bits per heavy atom. The molecule has 23 heavy (non-hydrogen) atoms. The van der Waals surface area contributed by atoms with Crippen LogP contribution in [0.1, 0.15) is 44.9 Å². The number of halogens is 2. The van der Waals surface area contributed by atoms with Gasteiger partial charge in [-0.15, -0.1) is 0 Å². The van der Waals surface area contributed by atoms with E-state index < -0.39 is 0 Å². The fourth-order valence-corrected chi connectivity index (χ4v) is 5.32. The lowest BCUT2D eigenvalue weighted by molar-refractivity contribution is -0.119. The average molecular weight is 361 g/mol. The summed E-state index contributed by atoms with van der Waals surface area (Å²) >= 11 is 11.6. The van der Waals surface area contributed by atoms with Crippen molar-refractivity contribution in [3.8, 4) is 0 Å². The molecule has 130 valence electrons. The Labute approximate surface area is 148 Å². The number of piperidine rings is 2. The number of nitrogens with one attached hydrogen (secondary N) is 2. The van der Waals surface area contributed by atoms with Crippen molar-refractivity contribution >= 4 is 33.7 Å². The van der Waals surface area contributed by atoms with Gasteiger partial charge >= 0.3 is 0 Å². The Balaban J connectivity index is 1.64. The van der Waals surface area contributed by atoms with Crippen molar-refractivity contribution in [2.75, 3.05) is 13.1 Å². The molecule has 1 aliphatic carbocycles. The molecule has 2 saturated heterocycles. The van der Waals surface area contributed by atoms with E-state index in [1.165, 1.54) is 25.7 Å². The summed E-state index contributed by atoms with van der Waals surface area (Å²) in [5.74, 6) is 0.878. The maximum absolute atomic E-state index is 12.0. The van der Waals surface area contributed by atoms with Crippen LogP contribution in [0.5, 0.6) is 0 Å². The minimum atomic E-state index is -0.235. The summed E-state index contributed by atoms with van der Waals surface area (Å²) in [5.41, 5.74) is 0. The zero-order valence-corrected chi connectivity index (χ0v) is 14.9. The number of hydrogen-bond acceptors (Lipinski definition) is 4. The second-order valence-corrected chi connectivity index (χ2v) is 8.20. The summed E-state index contributed by atoms with van der Waals surface area (Å²) in [6.07, 6.45) is 7.31. The Bertz CT molecular complexity index is 454. The topological polar surface area (TPSA) is 58.2 Å². The number of hydrogen-bond donors (Lipinski definition) is 2. The van der Waals surface area contributed by atoms with Crippen LogP contribution >= 0.6 is 23.2 Å². The highest BCUT2D eigenvalue weighted by molar-refractivity contribution is 6.64. The minimum Gasteiger partial charge on any atom is -0.312 e. The third-order valence-corrected chi connectivity index (χ3v) is 6.77. The quantitative estimate of drug-likeness (QED) is 0.756. The lowest BCUT2D eigenvalue weighted by Gasteiger charge is -2.43. The third-order valence-electron chi connectivity index (χ3n) is 6.18. The molecule has 3 aliphatic rings. The highest BCUT2D eigenvalue weighted by atomic mass is 35.5. The Kier molecular flexibility index (Phi) is 6.00. The molecule has 3 rings (SSSR count). The molecule has 0 amide bonds.